The van der Waals surface area contributed by atoms with Crippen molar-refractivity contribution >= 4 is 0 Å². The number of hydrogen-bond donors (Lipinski definition) is 2. The van der Waals surface area contributed by atoms with Crippen LogP contribution in [-0.2, 0) is 4.74 Å². The molecule has 0 amide bonds. The van der Waals surface area contributed by atoms with E-state index in [1.807, 2.05) is 0 Å². The molecule has 7 atom stereocenters. The van der Waals surface area contributed by atoms with Crippen molar-refractivity contribution in [3.63, 3.8) is 0 Å². The fourth-order valence-corrected chi connectivity index (χ4v) is 8.04. The summed E-state index contributed by atoms with van der Waals surface area (Å²) in [5.41, 5.74) is 3.28. The van der Waals surface area contributed by atoms with E-state index in [1.165, 1.54) is 57.1 Å². The maximum absolute atomic E-state index is 10.0. The Balaban J connectivity index is 1.27. The average molecular weight is 444 g/mol. The lowest BCUT2D eigenvalue weighted by molar-refractivity contribution is -0.0312. The van der Waals surface area contributed by atoms with Crippen molar-refractivity contribution < 1.29 is 14.9 Å². The second-order valence-corrected chi connectivity index (χ2v) is 12.1. The molecule has 4 nitrogen and oxygen atoms in total. The minimum Gasteiger partial charge on any atom is -0.393 e. The van der Waals surface area contributed by atoms with Gasteiger partial charge >= 0.3 is 0 Å². The van der Waals surface area contributed by atoms with Crippen molar-refractivity contribution in [3.05, 3.63) is 23.3 Å². The van der Waals surface area contributed by atoms with Crippen LogP contribution in [-0.4, -0.2) is 59.7 Å². The predicted molar refractivity (Wildman–Crippen MR) is 128 cm³/mol. The van der Waals surface area contributed by atoms with Gasteiger partial charge in [-0.2, -0.15) is 0 Å². The summed E-state index contributed by atoms with van der Waals surface area (Å²) < 4.78 is 5.84. The van der Waals surface area contributed by atoms with Gasteiger partial charge in [-0.1, -0.05) is 37.1 Å². The van der Waals surface area contributed by atoms with Gasteiger partial charge in [-0.25, -0.2) is 0 Å². The number of ether oxygens (including phenoxy) is 1. The van der Waals surface area contributed by atoms with Gasteiger partial charge in [-0.3, -0.25) is 4.90 Å². The van der Waals surface area contributed by atoms with Crippen LogP contribution in [0, 0.1) is 29.1 Å². The number of aliphatic hydroxyl groups excluding tert-OH is 2. The van der Waals surface area contributed by atoms with Gasteiger partial charge < -0.3 is 14.9 Å². The summed E-state index contributed by atoms with van der Waals surface area (Å²) in [6.07, 6.45) is 15.3. The minimum absolute atomic E-state index is 0.378. The molecule has 0 radical (unpaired) electrons. The molecule has 1 aliphatic heterocycles. The van der Waals surface area contributed by atoms with Gasteiger partial charge in [-0.15, -0.1) is 0 Å². The summed E-state index contributed by atoms with van der Waals surface area (Å²) in [6.45, 7) is 9.35. The molecule has 4 aliphatic carbocycles. The molecular weight excluding hydrogens is 398 g/mol. The van der Waals surface area contributed by atoms with Crippen LogP contribution in [0.1, 0.15) is 78.1 Å². The standard InChI is InChI=1S/C28H45NO3/c1-19(17-29-12-13-32-18-27(29)22-7-8-22)25-9-10-26-21(4-3-11-28(25,26)2)6-5-20-14-23(30)16-24(31)15-20/h5-6,19,22-27,30-31H,3-4,7-18H2,1-2H3/t19?,23-,24-,25-,26+,27?,28-/m1/s1. The fraction of sp³-hybridized carbons (Fsp3) is 0.857. The first-order chi connectivity index (χ1) is 15.4. The van der Waals surface area contributed by atoms with E-state index in [2.05, 4.69) is 30.9 Å². The molecule has 4 saturated carbocycles. The summed E-state index contributed by atoms with van der Waals surface area (Å²) >= 11 is 0. The molecule has 32 heavy (non-hydrogen) atoms. The lowest BCUT2D eigenvalue weighted by Crippen LogP contribution is -2.50. The van der Waals surface area contributed by atoms with Crippen LogP contribution < -0.4 is 0 Å². The highest BCUT2D eigenvalue weighted by molar-refractivity contribution is 5.26. The van der Waals surface area contributed by atoms with E-state index in [0.29, 0.717) is 23.8 Å². The highest BCUT2D eigenvalue weighted by Crippen LogP contribution is 2.59. The molecule has 5 aliphatic rings. The van der Waals surface area contributed by atoms with E-state index < -0.39 is 0 Å². The lowest BCUT2D eigenvalue weighted by Gasteiger charge is -2.46. The Morgan fingerprint density at radius 3 is 2.66 bits per heavy atom. The monoisotopic (exact) mass is 443 g/mol. The quantitative estimate of drug-likeness (QED) is 0.646. The molecular formula is C28H45NO3. The summed E-state index contributed by atoms with van der Waals surface area (Å²) in [5.74, 6) is 3.15. The van der Waals surface area contributed by atoms with Crippen LogP contribution >= 0.6 is 0 Å². The van der Waals surface area contributed by atoms with Gasteiger partial charge in [0.25, 0.3) is 0 Å². The molecule has 5 fully saturated rings. The molecule has 0 aromatic carbocycles. The number of hydrogen-bond acceptors (Lipinski definition) is 4. The van der Waals surface area contributed by atoms with Gasteiger partial charge in [0, 0.05) is 19.1 Å². The third-order valence-corrected chi connectivity index (χ3v) is 9.77. The van der Waals surface area contributed by atoms with E-state index in [0.717, 1.165) is 50.4 Å². The third-order valence-electron chi connectivity index (χ3n) is 9.77. The van der Waals surface area contributed by atoms with Crippen LogP contribution in [0.2, 0.25) is 0 Å². The van der Waals surface area contributed by atoms with Crippen molar-refractivity contribution in [1.29, 1.82) is 0 Å². The first-order valence-corrected chi connectivity index (χ1v) is 13.5. The molecule has 1 heterocycles. The highest BCUT2D eigenvalue weighted by atomic mass is 16.5. The molecule has 5 rings (SSSR count). The number of allylic oxidation sites excluding steroid dienone is 3. The third kappa shape index (κ3) is 4.76. The van der Waals surface area contributed by atoms with Crippen LogP contribution in [0.25, 0.3) is 0 Å². The first-order valence-electron chi connectivity index (χ1n) is 13.5. The number of rotatable bonds is 5. The van der Waals surface area contributed by atoms with Crippen molar-refractivity contribution in [2.75, 3.05) is 26.3 Å². The normalized spacial score (nSPS) is 43.3. The van der Waals surface area contributed by atoms with Crippen LogP contribution in [0.3, 0.4) is 0 Å². The number of fused-ring (bicyclic) bond motifs is 1. The largest absolute Gasteiger partial charge is 0.393 e. The topological polar surface area (TPSA) is 52.9 Å². The van der Waals surface area contributed by atoms with Crippen LogP contribution in [0.4, 0.5) is 0 Å². The second kappa shape index (κ2) is 9.52. The second-order valence-electron chi connectivity index (χ2n) is 12.1. The average Bonchev–Trinajstić information content (AvgIpc) is 3.53. The zero-order valence-corrected chi connectivity index (χ0v) is 20.3. The summed E-state index contributed by atoms with van der Waals surface area (Å²) in [5, 5.41) is 20.1. The Hall–Kier alpha value is -0.680. The molecule has 0 aromatic rings. The smallest absolute Gasteiger partial charge is 0.0625 e. The molecule has 4 heteroatoms. The van der Waals surface area contributed by atoms with Crippen LogP contribution in [0.5, 0.6) is 0 Å². The molecule has 0 aromatic heterocycles. The van der Waals surface area contributed by atoms with E-state index in [9.17, 15) is 10.2 Å². The number of aliphatic hydroxyl groups is 2. The summed E-state index contributed by atoms with van der Waals surface area (Å²) in [4.78, 5) is 2.78. The predicted octanol–water partition coefficient (Wildman–Crippen LogP) is 4.71. The maximum Gasteiger partial charge on any atom is 0.0625 e. The fourth-order valence-electron chi connectivity index (χ4n) is 8.04. The Morgan fingerprint density at radius 1 is 1.12 bits per heavy atom. The Labute approximate surface area is 195 Å². The zero-order valence-electron chi connectivity index (χ0n) is 20.3. The van der Waals surface area contributed by atoms with E-state index in [1.54, 1.807) is 5.57 Å². The molecule has 2 unspecified atom stereocenters. The van der Waals surface area contributed by atoms with E-state index >= 15 is 0 Å². The Kier molecular flexibility index (Phi) is 6.87. The SMILES string of the molecule is CC(CN1CCOCC1C1CC1)[C@H]1CC[C@H]2C(=CC=C3C[C@@H](O)C[C@H](O)C3)CCC[C@]12C. The van der Waals surface area contributed by atoms with Gasteiger partial charge in [0.1, 0.15) is 0 Å². The molecule has 1 saturated heterocycles. The Bertz CT molecular complexity index is 716. The van der Waals surface area contributed by atoms with Gasteiger partial charge in [0.05, 0.1) is 25.4 Å². The van der Waals surface area contributed by atoms with Gasteiger partial charge in [0.2, 0.25) is 0 Å². The zero-order chi connectivity index (χ0) is 22.3. The lowest BCUT2D eigenvalue weighted by atomic mass is 9.61. The van der Waals surface area contributed by atoms with E-state index in [-0.39, 0.29) is 12.2 Å². The van der Waals surface area contributed by atoms with E-state index in [4.69, 9.17) is 4.74 Å². The molecule has 2 N–H and O–H groups in total. The van der Waals surface area contributed by atoms with Crippen molar-refractivity contribution in [1.82, 2.24) is 4.90 Å². The Morgan fingerprint density at radius 2 is 1.91 bits per heavy atom. The van der Waals surface area contributed by atoms with Gasteiger partial charge in [-0.05, 0) is 93.3 Å². The minimum atomic E-state index is -0.378. The van der Waals surface area contributed by atoms with Crippen molar-refractivity contribution in [2.45, 2.75) is 96.3 Å². The first kappa shape index (κ1) is 23.1. The van der Waals surface area contributed by atoms with Crippen LogP contribution in [0.15, 0.2) is 23.3 Å². The van der Waals surface area contributed by atoms with Crippen molar-refractivity contribution in [3.8, 4) is 0 Å². The summed E-state index contributed by atoms with van der Waals surface area (Å²) in [6, 6.07) is 0.672. The number of morpholine rings is 1. The summed E-state index contributed by atoms with van der Waals surface area (Å²) in [7, 11) is 0. The molecule has 0 spiro atoms. The molecule has 0 bridgehead atoms. The molecule has 180 valence electrons. The van der Waals surface area contributed by atoms with Crippen molar-refractivity contribution in [2.24, 2.45) is 29.1 Å². The maximum atomic E-state index is 10.0. The number of nitrogens with zero attached hydrogens (tertiary/aromatic N) is 1. The van der Waals surface area contributed by atoms with Gasteiger partial charge in [0.15, 0.2) is 0 Å². The highest BCUT2D eigenvalue weighted by Gasteiger charge is 2.51.